The summed E-state index contributed by atoms with van der Waals surface area (Å²) < 4.78 is 16.4. The third-order valence-corrected chi connectivity index (χ3v) is 6.52. The van der Waals surface area contributed by atoms with Gasteiger partial charge in [-0.15, -0.1) is 0 Å². The molecule has 0 aliphatic heterocycles. The van der Waals surface area contributed by atoms with Crippen molar-refractivity contribution in [2.75, 3.05) is 34.4 Å². The molecule has 0 saturated carbocycles. The Bertz CT molecular complexity index is 1300. The molecule has 0 spiro atoms. The monoisotopic (exact) mass is 586 g/mol. The second kappa shape index (κ2) is 15.3. The molecule has 10 heteroatoms. The van der Waals surface area contributed by atoms with E-state index in [9.17, 15) is 14.4 Å². The molecule has 0 aliphatic carbocycles. The number of hydrogen-bond donors (Lipinski definition) is 1. The summed E-state index contributed by atoms with van der Waals surface area (Å²) in [5, 5.41) is 2.59. The fourth-order valence-electron chi connectivity index (χ4n) is 3.84. The summed E-state index contributed by atoms with van der Waals surface area (Å²) >= 11 is 13.1. The second-order valence-electron chi connectivity index (χ2n) is 9.23. The van der Waals surface area contributed by atoms with Crippen molar-refractivity contribution in [1.29, 1.82) is 0 Å². The van der Waals surface area contributed by atoms with Gasteiger partial charge in [0.05, 0.1) is 29.9 Å². The van der Waals surface area contributed by atoms with Gasteiger partial charge in [0.1, 0.15) is 11.1 Å². The molecule has 0 fully saturated rings. The zero-order chi connectivity index (χ0) is 29.1. The van der Waals surface area contributed by atoms with Crippen LogP contribution in [0.1, 0.15) is 39.1 Å². The van der Waals surface area contributed by atoms with Crippen molar-refractivity contribution in [3.05, 3.63) is 93.5 Å². The number of rotatable bonds is 13. The molecule has 212 valence electrons. The van der Waals surface area contributed by atoms with Crippen LogP contribution in [0.4, 0.5) is 0 Å². The van der Waals surface area contributed by atoms with E-state index in [0.29, 0.717) is 6.61 Å². The summed E-state index contributed by atoms with van der Waals surface area (Å²) in [5.74, 6) is -2.25. The Balaban J connectivity index is 1.93. The maximum absolute atomic E-state index is 13.5. The molecule has 3 rings (SSSR count). The second-order valence-corrected chi connectivity index (χ2v) is 10.0. The fraction of sp³-hybridized carbons (Fsp3) is 0.300. The lowest BCUT2D eigenvalue weighted by Gasteiger charge is -2.20. The van der Waals surface area contributed by atoms with E-state index < -0.39 is 23.9 Å². The van der Waals surface area contributed by atoms with E-state index in [1.165, 1.54) is 13.2 Å². The van der Waals surface area contributed by atoms with Crippen LogP contribution in [0, 0.1) is 0 Å². The smallest absolute Gasteiger partial charge is 0.343 e. The number of hydrogen-bond acceptors (Lipinski definition) is 7. The highest BCUT2D eigenvalue weighted by atomic mass is 35.5. The third-order valence-electron chi connectivity index (χ3n) is 5.90. The number of nitrogens with one attached hydrogen (secondary N) is 1. The Morgan fingerprint density at radius 2 is 1.57 bits per heavy atom. The topological polar surface area (TPSA) is 94.2 Å². The first kappa shape index (κ1) is 30.9. The molecule has 1 atom stereocenters. The van der Waals surface area contributed by atoms with E-state index in [2.05, 4.69) is 10.2 Å². The summed E-state index contributed by atoms with van der Waals surface area (Å²) in [6, 6.07) is 17.7. The normalized spacial score (nSPS) is 11.6. The van der Waals surface area contributed by atoms with E-state index in [0.717, 1.165) is 24.9 Å². The highest BCUT2D eigenvalue weighted by molar-refractivity contribution is 6.39. The van der Waals surface area contributed by atoms with Crippen molar-refractivity contribution in [2.45, 2.75) is 25.3 Å². The number of unbranched alkanes of at least 4 members (excludes halogenated alkanes) is 1. The van der Waals surface area contributed by atoms with E-state index in [1.54, 1.807) is 30.3 Å². The van der Waals surface area contributed by atoms with Crippen LogP contribution in [0.3, 0.4) is 0 Å². The Morgan fingerprint density at radius 3 is 2.20 bits per heavy atom. The lowest BCUT2D eigenvalue weighted by atomic mass is 10.0. The zero-order valence-corrected chi connectivity index (χ0v) is 24.1. The molecule has 0 radical (unpaired) electrons. The lowest BCUT2D eigenvalue weighted by molar-refractivity contribution is -0.142. The summed E-state index contributed by atoms with van der Waals surface area (Å²) in [7, 11) is 5.20. The van der Waals surface area contributed by atoms with Crippen molar-refractivity contribution in [2.24, 2.45) is 0 Å². The number of benzene rings is 3. The van der Waals surface area contributed by atoms with Gasteiger partial charge in [-0.2, -0.15) is 0 Å². The highest BCUT2D eigenvalue weighted by Gasteiger charge is 2.29. The Morgan fingerprint density at radius 1 is 0.925 bits per heavy atom. The minimum atomic E-state index is -1.03. The maximum Gasteiger partial charge on any atom is 0.343 e. The van der Waals surface area contributed by atoms with Gasteiger partial charge in [0, 0.05) is 6.42 Å². The largest absolute Gasteiger partial charge is 0.490 e. The molecular formula is C30H32Cl2N2O6. The molecule has 1 unspecified atom stereocenters. The van der Waals surface area contributed by atoms with Crippen LogP contribution >= 0.6 is 23.2 Å². The van der Waals surface area contributed by atoms with E-state index in [1.807, 2.05) is 44.4 Å². The summed E-state index contributed by atoms with van der Waals surface area (Å²) in [6.45, 7) is 1.20. The minimum Gasteiger partial charge on any atom is -0.490 e. The van der Waals surface area contributed by atoms with Crippen molar-refractivity contribution >= 4 is 41.0 Å². The van der Waals surface area contributed by atoms with Gasteiger partial charge in [-0.3, -0.25) is 4.79 Å². The number of amides is 1. The van der Waals surface area contributed by atoms with Gasteiger partial charge < -0.3 is 24.4 Å². The standard InChI is InChI=1S/C30H32Cl2N2O6/c1-34(2)16-10-11-17-39-27-23(31)19-22(26(25(27)32)40-29(36)21-14-8-5-9-15-21)28(35)33-24(30(37)38-3)18-20-12-6-4-7-13-20/h4-9,12-15,19,24H,10-11,16-18H2,1-3H3,(H,33,35). The van der Waals surface area contributed by atoms with Crippen LogP contribution in [0.5, 0.6) is 11.5 Å². The summed E-state index contributed by atoms with van der Waals surface area (Å²) in [5.41, 5.74) is 0.923. The maximum atomic E-state index is 13.5. The van der Waals surface area contributed by atoms with Crippen molar-refractivity contribution < 1.29 is 28.6 Å². The quantitative estimate of drug-likeness (QED) is 0.162. The molecule has 1 N–H and O–H groups in total. The number of halogens is 2. The average molecular weight is 588 g/mol. The first-order valence-corrected chi connectivity index (χ1v) is 13.5. The van der Waals surface area contributed by atoms with Crippen molar-refractivity contribution in [3.63, 3.8) is 0 Å². The van der Waals surface area contributed by atoms with Crippen LogP contribution < -0.4 is 14.8 Å². The van der Waals surface area contributed by atoms with Gasteiger partial charge in [-0.05, 0) is 57.2 Å². The highest BCUT2D eigenvalue weighted by Crippen LogP contribution is 2.43. The van der Waals surface area contributed by atoms with Crippen LogP contribution in [0.15, 0.2) is 66.7 Å². The molecule has 8 nitrogen and oxygen atoms in total. The van der Waals surface area contributed by atoms with E-state index in [4.69, 9.17) is 37.4 Å². The predicted molar refractivity (Wildman–Crippen MR) is 155 cm³/mol. The molecule has 0 bridgehead atoms. The van der Waals surface area contributed by atoms with Crippen LogP contribution in [0.2, 0.25) is 10.0 Å². The van der Waals surface area contributed by atoms with Crippen molar-refractivity contribution in [1.82, 2.24) is 10.2 Å². The molecular weight excluding hydrogens is 555 g/mol. The average Bonchev–Trinajstić information content (AvgIpc) is 2.95. The number of nitrogens with zero attached hydrogens (tertiary/aromatic N) is 1. The number of methoxy groups -OCH3 is 1. The van der Waals surface area contributed by atoms with Gasteiger partial charge in [0.15, 0.2) is 11.5 Å². The molecule has 40 heavy (non-hydrogen) atoms. The SMILES string of the molecule is COC(=O)C(Cc1ccccc1)NC(=O)c1cc(Cl)c(OCCCCN(C)C)c(Cl)c1OC(=O)c1ccccc1. The van der Waals surface area contributed by atoms with E-state index in [-0.39, 0.29) is 39.1 Å². The lowest BCUT2D eigenvalue weighted by Crippen LogP contribution is -2.43. The first-order chi connectivity index (χ1) is 19.2. The van der Waals surface area contributed by atoms with Gasteiger partial charge in [-0.1, -0.05) is 71.7 Å². The van der Waals surface area contributed by atoms with Gasteiger partial charge in [-0.25, -0.2) is 9.59 Å². The van der Waals surface area contributed by atoms with Gasteiger partial charge in [0.2, 0.25) is 0 Å². The van der Waals surface area contributed by atoms with E-state index >= 15 is 0 Å². The minimum absolute atomic E-state index is 0.0555. The molecule has 1 amide bonds. The van der Waals surface area contributed by atoms with Crippen LogP contribution in [-0.4, -0.2) is 63.1 Å². The third kappa shape index (κ3) is 8.71. The van der Waals surface area contributed by atoms with Gasteiger partial charge >= 0.3 is 11.9 Å². The van der Waals surface area contributed by atoms with Crippen LogP contribution in [-0.2, 0) is 16.0 Å². The van der Waals surface area contributed by atoms with Crippen LogP contribution in [0.25, 0.3) is 0 Å². The molecule has 0 aromatic heterocycles. The Labute approximate surface area is 244 Å². The molecule has 0 heterocycles. The summed E-state index contributed by atoms with van der Waals surface area (Å²) in [4.78, 5) is 41.1. The number of ether oxygens (including phenoxy) is 3. The summed E-state index contributed by atoms with van der Waals surface area (Å²) in [6.07, 6.45) is 1.79. The number of carbonyl (C=O) groups excluding carboxylic acids is 3. The van der Waals surface area contributed by atoms with Crippen molar-refractivity contribution in [3.8, 4) is 11.5 Å². The fourth-order valence-corrected chi connectivity index (χ4v) is 4.44. The predicted octanol–water partition coefficient (Wildman–Crippen LogP) is 5.45. The Kier molecular flexibility index (Phi) is 11.8. The Hall–Kier alpha value is -3.59. The molecule has 3 aromatic rings. The molecule has 0 saturated heterocycles. The number of esters is 2. The molecule has 3 aromatic carbocycles. The first-order valence-electron chi connectivity index (χ1n) is 12.7. The zero-order valence-electron chi connectivity index (χ0n) is 22.6. The molecule has 0 aliphatic rings. The van der Waals surface area contributed by atoms with Gasteiger partial charge in [0.25, 0.3) is 5.91 Å². The number of carbonyl (C=O) groups is 3.